The molecule has 0 saturated heterocycles. The fourth-order valence-electron chi connectivity index (χ4n) is 2.41. The van der Waals surface area contributed by atoms with E-state index >= 15 is 0 Å². The van der Waals surface area contributed by atoms with Gasteiger partial charge in [0.25, 0.3) is 0 Å². The number of benzene rings is 1. The second kappa shape index (κ2) is 6.21. The summed E-state index contributed by atoms with van der Waals surface area (Å²) >= 11 is 0. The number of rotatable bonds is 2. The first-order valence-corrected chi connectivity index (χ1v) is 6.84. The van der Waals surface area contributed by atoms with Crippen molar-refractivity contribution < 1.29 is 23.4 Å². The van der Waals surface area contributed by atoms with E-state index < -0.39 is 17.7 Å². The van der Waals surface area contributed by atoms with E-state index in [0.29, 0.717) is 11.1 Å². The van der Waals surface area contributed by atoms with Crippen molar-refractivity contribution in [2.24, 2.45) is 5.92 Å². The van der Waals surface area contributed by atoms with Gasteiger partial charge in [0.1, 0.15) is 0 Å². The standard InChI is InChI=1S/C17H14F3NO2/c1-10-6-13(17(18,19)20)3-4-14(10)12(9-21)7-11-2-5-15(22)16(23)8-11/h2-5,7-8,10,22-23H,6H2,1H3/b12-7+. The topological polar surface area (TPSA) is 64.2 Å². The van der Waals surface area contributed by atoms with Crippen LogP contribution in [-0.2, 0) is 0 Å². The summed E-state index contributed by atoms with van der Waals surface area (Å²) in [6.07, 6.45) is -0.778. The first-order chi connectivity index (χ1) is 10.7. The molecule has 6 heteroatoms. The van der Waals surface area contributed by atoms with Crippen molar-refractivity contribution in [1.82, 2.24) is 0 Å². The molecular formula is C17H14F3NO2. The summed E-state index contributed by atoms with van der Waals surface area (Å²) in [6.45, 7) is 1.63. The normalized spacial score (nSPS) is 18.9. The number of alkyl halides is 3. The maximum absolute atomic E-state index is 12.7. The summed E-state index contributed by atoms with van der Waals surface area (Å²) in [5.41, 5.74) is 0.581. The average molecular weight is 321 g/mol. The lowest BCUT2D eigenvalue weighted by Crippen LogP contribution is -2.18. The summed E-state index contributed by atoms with van der Waals surface area (Å²) in [5, 5.41) is 28.0. The first kappa shape index (κ1) is 16.7. The van der Waals surface area contributed by atoms with Gasteiger partial charge in [0.2, 0.25) is 0 Å². The SMILES string of the molecule is CC1CC(C(F)(F)F)=CC=C1/C(C#N)=C/c1ccc(O)c(O)c1. The molecule has 0 heterocycles. The molecule has 0 fully saturated rings. The molecule has 0 radical (unpaired) electrons. The molecule has 2 N–H and O–H groups in total. The van der Waals surface area contributed by atoms with Gasteiger partial charge in [-0.1, -0.05) is 25.1 Å². The van der Waals surface area contributed by atoms with Crippen LogP contribution < -0.4 is 0 Å². The Hall–Kier alpha value is -2.68. The Balaban J connectivity index is 2.39. The fraction of sp³-hybridized carbons (Fsp3) is 0.235. The van der Waals surface area contributed by atoms with Crippen LogP contribution in [0.1, 0.15) is 18.9 Å². The molecule has 1 aliphatic carbocycles. The summed E-state index contributed by atoms with van der Waals surface area (Å²) in [4.78, 5) is 0. The Kier molecular flexibility index (Phi) is 4.50. The van der Waals surface area contributed by atoms with Gasteiger partial charge in [-0.2, -0.15) is 18.4 Å². The van der Waals surface area contributed by atoms with Crippen molar-refractivity contribution in [2.45, 2.75) is 19.5 Å². The number of nitriles is 1. The molecule has 2 rings (SSSR count). The molecule has 0 saturated carbocycles. The molecule has 0 spiro atoms. The monoisotopic (exact) mass is 321 g/mol. The van der Waals surface area contributed by atoms with Gasteiger partial charge >= 0.3 is 6.18 Å². The van der Waals surface area contributed by atoms with Crippen LogP contribution in [0.2, 0.25) is 0 Å². The van der Waals surface area contributed by atoms with Crippen LogP contribution in [0, 0.1) is 17.2 Å². The molecule has 1 atom stereocenters. The minimum absolute atomic E-state index is 0.185. The smallest absolute Gasteiger partial charge is 0.412 e. The van der Waals surface area contributed by atoms with E-state index in [4.69, 9.17) is 0 Å². The van der Waals surface area contributed by atoms with Crippen molar-refractivity contribution >= 4 is 6.08 Å². The number of allylic oxidation sites excluding steroid dienone is 5. The molecule has 0 aliphatic heterocycles. The third kappa shape index (κ3) is 3.75. The predicted octanol–water partition coefficient (Wildman–Crippen LogP) is 4.46. The van der Waals surface area contributed by atoms with Crippen LogP contribution in [0.5, 0.6) is 11.5 Å². The van der Waals surface area contributed by atoms with Gasteiger partial charge < -0.3 is 10.2 Å². The van der Waals surface area contributed by atoms with Crippen LogP contribution in [0.25, 0.3) is 6.08 Å². The fourth-order valence-corrected chi connectivity index (χ4v) is 2.41. The van der Waals surface area contributed by atoms with E-state index in [1.54, 1.807) is 6.92 Å². The van der Waals surface area contributed by atoms with Crippen molar-refractivity contribution in [3.63, 3.8) is 0 Å². The zero-order valence-electron chi connectivity index (χ0n) is 12.2. The van der Waals surface area contributed by atoms with E-state index in [0.717, 1.165) is 6.08 Å². The largest absolute Gasteiger partial charge is 0.504 e. The highest BCUT2D eigenvalue weighted by atomic mass is 19.4. The highest BCUT2D eigenvalue weighted by molar-refractivity contribution is 5.66. The van der Waals surface area contributed by atoms with E-state index in [-0.39, 0.29) is 23.5 Å². The summed E-state index contributed by atoms with van der Waals surface area (Å²) in [7, 11) is 0. The Bertz CT molecular complexity index is 752. The third-order valence-corrected chi connectivity index (χ3v) is 3.63. The molecule has 1 aliphatic rings. The first-order valence-electron chi connectivity index (χ1n) is 6.84. The van der Waals surface area contributed by atoms with Crippen LogP contribution in [0.15, 0.2) is 47.1 Å². The van der Waals surface area contributed by atoms with Gasteiger partial charge in [-0.25, -0.2) is 0 Å². The lowest BCUT2D eigenvalue weighted by atomic mass is 9.84. The highest BCUT2D eigenvalue weighted by Crippen LogP contribution is 2.38. The molecule has 0 aromatic heterocycles. The van der Waals surface area contributed by atoms with E-state index in [1.807, 2.05) is 6.07 Å². The number of halogens is 3. The summed E-state index contributed by atoms with van der Waals surface area (Å²) in [6, 6.07) is 6.02. The number of phenolic OH excluding ortho intramolecular Hbond substituents is 2. The molecule has 120 valence electrons. The highest BCUT2D eigenvalue weighted by Gasteiger charge is 2.36. The van der Waals surface area contributed by atoms with Gasteiger partial charge in [0, 0.05) is 5.57 Å². The van der Waals surface area contributed by atoms with Gasteiger partial charge in [-0.3, -0.25) is 0 Å². The van der Waals surface area contributed by atoms with Gasteiger partial charge in [-0.05, 0) is 41.7 Å². The second-order valence-corrected chi connectivity index (χ2v) is 5.33. The maximum Gasteiger partial charge on any atom is 0.412 e. The van der Waals surface area contributed by atoms with E-state index in [1.165, 1.54) is 30.4 Å². The van der Waals surface area contributed by atoms with Crippen molar-refractivity contribution in [2.75, 3.05) is 0 Å². The number of aromatic hydroxyl groups is 2. The second-order valence-electron chi connectivity index (χ2n) is 5.33. The molecular weight excluding hydrogens is 307 g/mol. The number of phenols is 2. The van der Waals surface area contributed by atoms with Crippen molar-refractivity contribution in [3.05, 3.63) is 52.6 Å². The Labute approximate surface area is 131 Å². The van der Waals surface area contributed by atoms with Crippen LogP contribution in [-0.4, -0.2) is 16.4 Å². The van der Waals surface area contributed by atoms with Crippen LogP contribution >= 0.6 is 0 Å². The quantitative estimate of drug-likeness (QED) is 0.624. The Morgan fingerprint density at radius 1 is 1.26 bits per heavy atom. The minimum Gasteiger partial charge on any atom is -0.504 e. The number of nitrogens with zero attached hydrogens (tertiary/aromatic N) is 1. The Morgan fingerprint density at radius 3 is 2.48 bits per heavy atom. The molecule has 0 bridgehead atoms. The molecule has 23 heavy (non-hydrogen) atoms. The van der Waals surface area contributed by atoms with Crippen molar-refractivity contribution in [1.29, 1.82) is 5.26 Å². The summed E-state index contributed by atoms with van der Waals surface area (Å²) in [5.74, 6) is -1.07. The number of hydrogen-bond donors (Lipinski definition) is 2. The zero-order valence-corrected chi connectivity index (χ0v) is 12.2. The van der Waals surface area contributed by atoms with Gasteiger partial charge in [0.15, 0.2) is 11.5 Å². The molecule has 1 unspecified atom stereocenters. The van der Waals surface area contributed by atoms with Gasteiger partial charge in [0.05, 0.1) is 11.6 Å². The van der Waals surface area contributed by atoms with E-state index in [9.17, 15) is 28.6 Å². The van der Waals surface area contributed by atoms with Crippen LogP contribution in [0.4, 0.5) is 13.2 Å². The minimum atomic E-state index is -4.37. The van der Waals surface area contributed by atoms with Gasteiger partial charge in [-0.15, -0.1) is 0 Å². The predicted molar refractivity (Wildman–Crippen MR) is 79.4 cm³/mol. The van der Waals surface area contributed by atoms with Crippen LogP contribution in [0.3, 0.4) is 0 Å². The molecule has 3 nitrogen and oxygen atoms in total. The third-order valence-electron chi connectivity index (χ3n) is 3.63. The summed E-state index contributed by atoms with van der Waals surface area (Å²) < 4.78 is 38.2. The lowest BCUT2D eigenvalue weighted by Gasteiger charge is -2.22. The molecule has 1 aromatic rings. The lowest BCUT2D eigenvalue weighted by molar-refractivity contribution is -0.0950. The average Bonchev–Trinajstić information content (AvgIpc) is 2.47. The zero-order chi connectivity index (χ0) is 17.2. The molecule has 0 amide bonds. The maximum atomic E-state index is 12.7. The van der Waals surface area contributed by atoms with E-state index in [2.05, 4.69) is 0 Å². The number of hydrogen-bond acceptors (Lipinski definition) is 3. The molecule has 1 aromatic carbocycles. The Morgan fingerprint density at radius 2 is 1.96 bits per heavy atom. The van der Waals surface area contributed by atoms with Crippen molar-refractivity contribution in [3.8, 4) is 17.6 Å².